The van der Waals surface area contributed by atoms with E-state index in [4.69, 9.17) is 0 Å². The molecule has 2 N–H and O–H groups in total. The standard InChI is InChI=1S/C17H22N6O/c1-2-3-4-8-11-18-16-14-15(17(24)21-20-16)23(22-19-14)12-13-9-6-5-7-10-13/h5-7,9-10H,2-4,8,11-12H2,1H3,(H,18,20)(H,21,24). The van der Waals surface area contributed by atoms with Crippen LogP contribution < -0.4 is 10.9 Å². The van der Waals surface area contributed by atoms with E-state index in [9.17, 15) is 4.79 Å². The fraction of sp³-hybridized carbons (Fsp3) is 0.412. The summed E-state index contributed by atoms with van der Waals surface area (Å²) >= 11 is 0. The number of anilines is 1. The van der Waals surface area contributed by atoms with E-state index < -0.39 is 0 Å². The van der Waals surface area contributed by atoms with Gasteiger partial charge in [-0.05, 0) is 12.0 Å². The summed E-state index contributed by atoms with van der Waals surface area (Å²) in [5, 5.41) is 18.2. The molecule has 0 aliphatic rings. The van der Waals surface area contributed by atoms with Crippen LogP contribution in [0.15, 0.2) is 35.1 Å². The third-order valence-electron chi connectivity index (χ3n) is 3.94. The van der Waals surface area contributed by atoms with Gasteiger partial charge in [-0.2, -0.15) is 5.10 Å². The molecule has 0 atom stereocenters. The monoisotopic (exact) mass is 326 g/mol. The average Bonchev–Trinajstić information content (AvgIpc) is 3.02. The Bertz CT molecular complexity index is 839. The lowest BCUT2D eigenvalue weighted by Gasteiger charge is -2.05. The van der Waals surface area contributed by atoms with Crippen LogP contribution in [-0.2, 0) is 6.54 Å². The summed E-state index contributed by atoms with van der Waals surface area (Å²) in [6.07, 6.45) is 4.67. The molecule has 0 amide bonds. The number of fused-ring (bicyclic) bond motifs is 1. The Labute approximate surface area is 140 Å². The molecule has 7 heteroatoms. The van der Waals surface area contributed by atoms with Gasteiger partial charge in [0.2, 0.25) is 0 Å². The molecule has 7 nitrogen and oxygen atoms in total. The Morgan fingerprint density at radius 3 is 2.79 bits per heavy atom. The Kier molecular flexibility index (Phi) is 5.20. The summed E-state index contributed by atoms with van der Waals surface area (Å²) in [5.41, 5.74) is 1.76. The molecule has 0 saturated heterocycles. The summed E-state index contributed by atoms with van der Waals surface area (Å²) in [6, 6.07) is 9.87. The number of hydrogen-bond donors (Lipinski definition) is 2. The van der Waals surface area contributed by atoms with Crippen LogP contribution >= 0.6 is 0 Å². The van der Waals surface area contributed by atoms with Crippen LogP contribution in [0, 0.1) is 0 Å². The molecule has 0 radical (unpaired) electrons. The quantitative estimate of drug-likeness (QED) is 0.621. The lowest BCUT2D eigenvalue weighted by Crippen LogP contribution is -2.16. The highest BCUT2D eigenvalue weighted by Gasteiger charge is 2.14. The highest BCUT2D eigenvalue weighted by atomic mass is 16.1. The summed E-state index contributed by atoms with van der Waals surface area (Å²) in [7, 11) is 0. The van der Waals surface area contributed by atoms with Gasteiger partial charge in [-0.25, -0.2) is 9.78 Å². The highest BCUT2D eigenvalue weighted by molar-refractivity contribution is 5.84. The Hall–Kier alpha value is -2.70. The van der Waals surface area contributed by atoms with Crippen molar-refractivity contribution >= 4 is 16.9 Å². The number of benzene rings is 1. The summed E-state index contributed by atoms with van der Waals surface area (Å²) in [4.78, 5) is 12.2. The topological polar surface area (TPSA) is 88.5 Å². The lowest BCUT2D eigenvalue weighted by atomic mass is 10.2. The number of hydrogen-bond acceptors (Lipinski definition) is 5. The molecule has 0 aliphatic carbocycles. The van der Waals surface area contributed by atoms with E-state index in [-0.39, 0.29) is 5.56 Å². The molecule has 0 aliphatic heterocycles. The minimum absolute atomic E-state index is 0.275. The predicted molar refractivity (Wildman–Crippen MR) is 94.1 cm³/mol. The second kappa shape index (κ2) is 7.72. The average molecular weight is 326 g/mol. The molecule has 1 aromatic carbocycles. The van der Waals surface area contributed by atoms with Gasteiger partial charge in [-0.3, -0.25) is 4.79 Å². The summed E-state index contributed by atoms with van der Waals surface area (Å²) in [5.74, 6) is 0.584. The van der Waals surface area contributed by atoms with Crippen molar-refractivity contribution in [2.24, 2.45) is 0 Å². The first-order valence-corrected chi connectivity index (χ1v) is 8.39. The zero-order chi connectivity index (χ0) is 16.8. The number of nitrogens with zero attached hydrogens (tertiary/aromatic N) is 4. The van der Waals surface area contributed by atoms with Crippen molar-refractivity contribution in [3.63, 3.8) is 0 Å². The second-order valence-corrected chi connectivity index (χ2v) is 5.82. The fourth-order valence-corrected chi connectivity index (χ4v) is 2.66. The Balaban J connectivity index is 1.81. The van der Waals surface area contributed by atoms with E-state index in [2.05, 4.69) is 32.7 Å². The van der Waals surface area contributed by atoms with Crippen molar-refractivity contribution in [3.8, 4) is 0 Å². The summed E-state index contributed by atoms with van der Waals surface area (Å²) in [6.45, 7) is 3.49. The number of rotatable bonds is 8. The van der Waals surface area contributed by atoms with E-state index in [1.807, 2.05) is 30.3 Å². The van der Waals surface area contributed by atoms with Crippen molar-refractivity contribution in [2.45, 2.75) is 39.2 Å². The van der Waals surface area contributed by atoms with E-state index in [1.54, 1.807) is 4.68 Å². The lowest BCUT2D eigenvalue weighted by molar-refractivity contribution is 0.667. The van der Waals surface area contributed by atoms with Gasteiger partial charge in [0.05, 0.1) is 6.54 Å². The molecule has 3 aromatic rings. The smallest absolute Gasteiger partial charge is 0.292 e. The molecule has 0 fully saturated rings. The van der Waals surface area contributed by atoms with E-state index in [0.717, 1.165) is 18.5 Å². The van der Waals surface area contributed by atoms with E-state index in [0.29, 0.717) is 23.4 Å². The van der Waals surface area contributed by atoms with Gasteiger partial charge < -0.3 is 5.32 Å². The molecule has 0 bridgehead atoms. The van der Waals surface area contributed by atoms with Crippen LogP contribution in [-0.4, -0.2) is 31.7 Å². The largest absolute Gasteiger partial charge is 0.367 e. The molecule has 3 rings (SSSR count). The van der Waals surface area contributed by atoms with Crippen LogP contribution in [0.3, 0.4) is 0 Å². The maximum absolute atomic E-state index is 12.2. The number of aromatic nitrogens is 5. The molecule has 0 saturated carbocycles. The van der Waals surface area contributed by atoms with Gasteiger partial charge in [-0.1, -0.05) is 61.7 Å². The molecule has 2 heterocycles. The van der Waals surface area contributed by atoms with Gasteiger partial charge >= 0.3 is 0 Å². The zero-order valence-corrected chi connectivity index (χ0v) is 13.8. The Morgan fingerprint density at radius 2 is 2.00 bits per heavy atom. The minimum Gasteiger partial charge on any atom is -0.367 e. The molecule has 24 heavy (non-hydrogen) atoms. The molecule has 0 spiro atoms. The normalized spacial score (nSPS) is 11.0. The maximum atomic E-state index is 12.2. The van der Waals surface area contributed by atoms with Crippen molar-refractivity contribution < 1.29 is 0 Å². The molecular formula is C17H22N6O. The molecular weight excluding hydrogens is 304 g/mol. The molecule has 126 valence electrons. The van der Waals surface area contributed by atoms with Crippen LogP contribution in [0.5, 0.6) is 0 Å². The first-order chi connectivity index (χ1) is 11.8. The van der Waals surface area contributed by atoms with Crippen molar-refractivity contribution in [1.82, 2.24) is 25.2 Å². The van der Waals surface area contributed by atoms with Crippen molar-refractivity contribution in [1.29, 1.82) is 0 Å². The molecule has 2 aromatic heterocycles. The van der Waals surface area contributed by atoms with E-state index >= 15 is 0 Å². The maximum Gasteiger partial charge on any atom is 0.292 e. The number of aromatic amines is 1. The zero-order valence-electron chi connectivity index (χ0n) is 13.8. The van der Waals surface area contributed by atoms with Crippen LogP contribution in [0.2, 0.25) is 0 Å². The summed E-state index contributed by atoms with van der Waals surface area (Å²) < 4.78 is 1.62. The van der Waals surface area contributed by atoms with Crippen LogP contribution in [0.1, 0.15) is 38.2 Å². The van der Waals surface area contributed by atoms with Crippen molar-refractivity contribution in [2.75, 3.05) is 11.9 Å². The van der Waals surface area contributed by atoms with Crippen LogP contribution in [0.4, 0.5) is 5.82 Å². The van der Waals surface area contributed by atoms with Gasteiger partial charge in [0.25, 0.3) is 5.56 Å². The Morgan fingerprint density at radius 1 is 1.17 bits per heavy atom. The van der Waals surface area contributed by atoms with Gasteiger partial charge in [0.1, 0.15) is 0 Å². The van der Waals surface area contributed by atoms with Gasteiger partial charge in [0.15, 0.2) is 16.9 Å². The number of unbranched alkanes of at least 4 members (excludes halogenated alkanes) is 3. The highest BCUT2D eigenvalue weighted by Crippen LogP contribution is 2.15. The third-order valence-corrected chi connectivity index (χ3v) is 3.94. The predicted octanol–water partition coefficient (Wildman–Crippen LogP) is 2.56. The van der Waals surface area contributed by atoms with Crippen LogP contribution in [0.25, 0.3) is 11.0 Å². The fourth-order valence-electron chi connectivity index (χ4n) is 2.66. The third kappa shape index (κ3) is 3.61. The van der Waals surface area contributed by atoms with Crippen molar-refractivity contribution in [3.05, 3.63) is 46.2 Å². The second-order valence-electron chi connectivity index (χ2n) is 5.82. The van der Waals surface area contributed by atoms with Gasteiger partial charge in [-0.15, -0.1) is 5.10 Å². The number of H-pyrrole nitrogens is 1. The first kappa shape index (κ1) is 16.2. The number of nitrogens with one attached hydrogen (secondary N) is 2. The van der Waals surface area contributed by atoms with E-state index in [1.165, 1.54) is 19.3 Å². The SMILES string of the molecule is CCCCCCNc1n[nH]c(=O)c2c1nnn2Cc1ccccc1. The molecule has 0 unspecified atom stereocenters. The minimum atomic E-state index is -0.275. The first-order valence-electron chi connectivity index (χ1n) is 8.39. The van der Waals surface area contributed by atoms with Gasteiger partial charge in [0, 0.05) is 6.54 Å².